The number of nitrogens with one attached hydrogen (secondary N) is 1. The number of hydrogen-bond donors (Lipinski definition) is 2. The topological polar surface area (TPSA) is 110 Å². The molecule has 8 nitrogen and oxygen atoms in total. The monoisotopic (exact) mass is 370 g/mol. The van der Waals surface area contributed by atoms with Crippen LogP contribution >= 0.6 is 0 Å². The molecule has 2 rings (SSSR count). The van der Waals surface area contributed by atoms with Crippen molar-refractivity contribution >= 4 is 13.0 Å². The summed E-state index contributed by atoms with van der Waals surface area (Å²) >= 11 is 0. The van der Waals surface area contributed by atoms with Crippen LogP contribution in [0.2, 0.25) is 0 Å². The SMILES string of the molecule is CC(B=NOCCO)NC(=O)c1ccc(-c2noc(C(F)(F)F)n2)cc1. The average Bonchev–Trinajstić information content (AvgIpc) is 3.09. The fraction of sp³-hybridized carbons (Fsp3) is 0.357. The molecular weight excluding hydrogens is 356 g/mol. The van der Waals surface area contributed by atoms with Crippen LogP contribution in [0.5, 0.6) is 0 Å². The first-order valence-electron chi connectivity index (χ1n) is 7.39. The van der Waals surface area contributed by atoms with Crippen molar-refractivity contribution in [3.05, 3.63) is 35.7 Å². The number of halogens is 3. The molecule has 0 bridgehead atoms. The van der Waals surface area contributed by atoms with Crippen molar-refractivity contribution < 1.29 is 32.4 Å². The summed E-state index contributed by atoms with van der Waals surface area (Å²) in [4.78, 5) is 20.0. The van der Waals surface area contributed by atoms with Crippen LogP contribution < -0.4 is 5.32 Å². The number of aromatic nitrogens is 2. The normalized spacial score (nSPS) is 12.7. The van der Waals surface area contributed by atoms with Gasteiger partial charge in [0.15, 0.2) is 0 Å². The van der Waals surface area contributed by atoms with E-state index in [1.165, 1.54) is 31.3 Å². The van der Waals surface area contributed by atoms with Crippen molar-refractivity contribution in [2.24, 2.45) is 5.06 Å². The predicted octanol–water partition coefficient (Wildman–Crippen LogP) is 1.64. The molecule has 2 aromatic rings. The van der Waals surface area contributed by atoms with E-state index in [2.05, 4.69) is 25.0 Å². The maximum atomic E-state index is 12.5. The van der Waals surface area contributed by atoms with Gasteiger partial charge in [-0.05, 0) is 0 Å². The van der Waals surface area contributed by atoms with Gasteiger partial charge in [0.05, 0.1) is 0 Å². The van der Waals surface area contributed by atoms with Gasteiger partial charge < -0.3 is 0 Å². The van der Waals surface area contributed by atoms with E-state index in [0.717, 1.165) is 0 Å². The third kappa shape index (κ3) is 5.38. The van der Waals surface area contributed by atoms with Crippen molar-refractivity contribution in [1.29, 1.82) is 0 Å². The van der Waals surface area contributed by atoms with E-state index in [0.29, 0.717) is 0 Å². The Hall–Kier alpha value is -2.76. The number of carbonyl (C=O) groups excluding carboxylic acids is 1. The quantitative estimate of drug-likeness (QED) is 0.436. The first-order chi connectivity index (χ1) is 12.3. The van der Waals surface area contributed by atoms with Crippen molar-refractivity contribution in [3.8, 4) is 11.4 Å². The van der Waals surface area contributed by atoms with Crippen molar-refractivity contribution in [3.63, 3.8) is 0 Å². The number of amides is 1. The predicted molar refractivity (Wildman–Crippen MR) is 82.9 cm³/mol. The van der Waals surface area contributed by atoms with E-state index in [-0.39, 0.29) is 30.2 Å². The van der Waals surface area contributed by atoms with Gasteiger partial charge in [0.1, 0.15) is 0 Å². The molecule has 1 unspecified atom stereocenters. The second-order valence-electron chi connectivity index (χ2n) is 5.07. The number of rotatable bonds is 7. The zero-order valence-corrected chi connectivity index (χ0v) is 13.5. The van der Waals surface area contributed by atoms with E-state index in [1.807, 2.05) is 0 Å². The van der Waals surface area contributed by atoms with Gasteiger partial charge in [-0.1, -0.05) is 0 Å². The van der Waals surface area contributed by atoms with Crippen LogP contribution in [0, 0.1) is 0 Å². The summed E-state index contributed by atoms with van der Waals surface area (Å²) in [5.74, 6) is -2.52. The summed E-state index contributed by atoms with van der Waals surface area (Å²) in [5, 5.41) is 18.0. The fourth-order valence-corrected chi connectivity index (χ4v) is 1.78. The van der Waals surface area contributed by atoms with Crippen LogP contribution in [-0.2, 0) is 11.0 Å². The second-order valence-corrected chi connectivity index (χ2v) is 5.07. The molecule has 0 aliphatic carbocycles. The molecular formula is C14H14BF3N4O4. The molecule has 1 aromatic heterocycles. The number of nitrogens with zero attached hydrogens (tertiary/aromatic N) is 3. The van der Waals surface area contributed by atoms with E-state index in [9.17, 15) is 18.0 Å². The standard InChI is InChI=1S/C14H14BF3N4O4/c1-8(15-22-25-7-6-23)19-12(24)10-4-2-9(3-5-10)11-20-13(26-21-11)14(16,17)18/h2-5,8,23H,6-7H2,1H3,(H,19,24). The zero-order chi connectivity index (χ0) is 19.2. The first kappa shape index (κ1) is 19.6. The minimum atomic E-state index is -4.72. The fourth-order valence-electron chi connectivity index (χ4n) is 1.78. The summed E-state index contributed by atoms with van der Waals surface area (Å²) in [6, 6.07) is 5.65. The van der Waals surface area contributed by atoms with Gasteiger partial charge in [0, 0.05) is 0 Å². The third-order valence-electron chi connectivity index (χ3n) is 2.97. The van der Waals surface area contributed by atoms with E-state index in [1.54, 1.807) is 6.92 Å². The molecule has 0 fully saturated rings. The Bertz CT molecular complexity index is 764. The van der Waals surface area contributed by atoms with E-state index < -0.39 is 23.9 Å². The number of aliphatic hydroxyl groups excluding tert-OH is 1. The Morgan fingerprint density at radius 1 is 1.42 bits per heavy atom. The molecule has 1 aromatic carbocycles. The molecule has 1 atom stereocenters. The second kappa shape index (κ2) is 8.56. The number of hydrogen-bond acceptors (Lipinski definition) is 7. The molecule has 0 saturated heterocycles. The van der Waals surface area contributed by atoms with Gasteiger partial charge in [0.25, 0.3) is 0 Å². The maximum absolute atomic E-state index is 12.5. The molecule has 0 radical (unpaired) electrons. The minimum absolute atomic E-state index is 0.0464. The molecule has 0 aliphatic heterocycles. The molecule has 1 amide bonds. The van der Waals surface area contributed by atoms with Crippen molar-refractivity contribution in [1.82, 2.24) is 15.5 Å². The molecule has 0 saturated carbocycles. The van der Waals surface area contributed by atoms with Crippen LogP contribution in [0.3, 0.4) is 0 Å². The van der Waals surface area contributed by atoms with E-state index >= 15 is 0 Å². The molecule has 12 heteroatoms. The summed E-state index contributed by atoms with van der Waals surface area (Å²) < 4.78 is 41.5. The van der Waals surface area contributed by atoms with Gasteiger partial charge in [-0.15, -0.1) is 0 Å². The van der Waals surface area contributed by atoms with Crippen LogP contribution in [0.4, 0.5) is 13.2 Å². The Morgan fingerprint density at radius 3 is 2.69 bits per heavy atom. The van der Waals surface area contributed by atoms with Crippen LogP contribution in [-0.4, -0.2) is 47.4 Å². The first-order valence-corrected chi connectivity index (χ1v) is 7.39. The number of alkyl halides is 3. The Balaban J connectivity index is 1.99. The van der Waals surface area contributed by atoms with Gasteiger partial charge in [-0.2, -0.15) is 0 Å². The van der Waals surface area contributed by atoms with Crippen LogP contribution in [0.15, 0.2) is 33.8 Å². The molecule has 0 spiro atoms. The average molecular weight is 370 g/mol. The third-order valence-corrected chi connectivity index (χ3v) is 2.97. The van der Waals surface area contributed by atoms with Gasteiger partial charge in [-0.3, -0.25) is 0 Å². The molecule has 138 valence electrons. The zero-order valence-electron chi connectivity index (χ0n) is 13.5. The Morgan fingerprint density at radius 2 is 2.12 bits per heavy atom. The number of carbonyl (C=O) groups is 1. The van der Waals surface area contributed by atoms with Gasteiger partial charge in [0.2, 0.25) is 0 Å². The molecule has 0 aliphatic rings. The van der Waals surface area contributed by atoms with Gasteiger partial charge >= 0.3 is 145 Å². The van der Waals surface area contributed by atoms with Crippen molar-refractivity contribution in [2.45, 2.75) is 19.0 Å². The Kier molecular flexibility index (Phi) is 6.44. The summed E-state index contributed by atoms with van der Waals surface area (Å²) in [5.41, 5.74) is 0.553. The van der Waals surface area contributed by atoms with Crippen LogP contribution in [0.1, 0.15) is 23.2 Å². The summed E-state index contributed by atoms with van der Waals surface area (Å²) in [7, 11) is 1.35. The molecule has 26 heavy (non-hydrogen) atoms. The van der Waals surface area contributed by atoms with Crippen molar-refractivity contribution in [2.75, 3.05) is 13.2 Å². The molecule has 1 heterocycles. The number of benzene rings is 1. The molecule has 2 N–H and O–H groups in total. The van der Waals surface area contributed by atoms with E-state index in [4.69, 9.17) is 9.94 Å². The summed E-state index contributed by atoms with van der Waals surface area (Å²) in [6.07, 6.45) is -4.72. The van der Waals surface area contributed by atoms with Crippen LogP contribution in [0.25, 0.3) is 11.4 Å². The van der Waals surface area contributed by atoms with Gasteiger partial charge in [-0.25, -0.2) is 0 Å². The Labute approximate surface area is 146 Å². The summed E-state index contributed by atoms with van der Waals surface area (Å²) in [6.45, 7) is 1.54. The number of aliphatic hydroxyl groups is 1.